The van der Waals surface area contributed by atoms with Gasteiger partial charge in [0, 0.05) is 30.4 Å². The van der Waals surface area contributed by atoms with Gasteiger partial charge in [-0.05, 0) is 40.8 Å². The summed E-state index contributed by atoms with van der Waals surface area (Å²) in [7, 11) is 0. The molecule has 0 saturated heterocycles. The molecule has 1 aromatic heterocycles. The Bertz CT molecular complexity index is 460. The van der Waals surface area contributed by atoms with Crippen molar-refractivity contribution in [3.8, 4) is 0 Å². The highest BCUT2D eigenvalue weighted by Gasteiger charge is 2.09. The lowest BCUT2D eigenvalue weighted by Gasteiger charge is -2.25. The van der Waals surface area contributed by atoms with E-state index >= 15 is 0 Å². The van der Waals surface area contributed by atoms with E-state index in [-0.39, 0.29) is 0 Å². The number of likely N-dealkylation sites (N-methyl/N-ethyl adjacent to an activating group) is 1. The zero-order chi connectivity index (χ0) is 17.2. The minimum absolute atomic E-state index is 0.463. The van der Waals surface area contributed by atoms with Crippen LogP contribution in [0.3, 0.4) is 0 Å². The minimum Gasteiger partial charge on any atom is -0.357 e. The summed E-state index contributed by atoms with van der Waals surface area (Å²) in [5.41, 5.74) is 1.15. The zero-order valence-corrected chi connectivity index (χ0v) is 16.4. The van der Waals surface area contributed by atoms with Crippen LogP contribution in [-0.4, -0.2) is 54.6 Å². The number of hydrogen-bond acceptors (Lipinski definition) is 4. The second-order valence-corrected chi connectivity index (χ2v) is 7.00. The predicted molar refractivity (Wildman–Crippen MR) is 102 cm³/mol. The van der Waals surface area contributed by atoms with Gasteiger partial charge < -0.3 is 10.6 Å². The summed E-state index contributed by atoms with van der Waals surface area (Å²) in [4.78, 5) is 13.0. The first-order valence-corrected chi connectivity index (χ1v) is 9.52. The van der Waals surface area contributed by atoms with E-state index in [0.29, 0.717) is 6.04 Å². The van der Waals surface area contributed by atoms with Crippen LogP contribution in [0.2, 0.25) is 0 Å². The molecule has 1 aromatic rings. The maximum Gasteiger partial charge on any atom is 0.191 e. The number of thiazole rings is 1. The van der Waals surface area contributed by atoms with E-state index in [1.807, 2.05) is 0 Å². The van der Waals surface area contributed by atoms with Crippen molar-refractivity contribution in [2.24, 2.45) is 4.99 Å². The van der Waals surface area contributed by atoms with Crippen LogP contribution in [0, 0.1) is 13.8 Å². The molecule has 2 N–H and O–H groups in total. The lowest BCUT2D eigenvalue weighted by molar-refractivity contribution is 0.237. The average Bonchev–Trinajstić information content (AvgIpc) is 2.84. The van der Waals surface area contributed by atoms with Gasteiger partial charge in [0.2, 0.25) is 0 Å². The summed E-state index contributed by atoms with van der Waals surface area (Å²) in [5.74, 6) is 0.900. The molecule has 0 bridgehead atoms. The first kappa shape index (κ1) is 19.9. The van der Waals surface area contributed by atoms with Crippen molar-refractivity contribution in [2.75, 3.05) is 32.7 Å². The summed E-state index contributed by atoms with van der Waals surface area (Å²) in [6.45, 7) is 17.6. The number of rotatable bonds is 9. The zero-order valence-electron chi connectivity index (χ0n) is 15.6. The van der Waals surface area contributed by atoms with Crippen molar-refractivity contribution in [1.82, 2.24) is 20.5 Å². The molecular weight excluding hydrogens is 306 g/mol. The number of hydrogen-bond donors (Lipinski definition) is 2. The van der Waals surface area contributed by atoms with Gasteiger partial charge in [0.15, 0.2) is 5.96 Å². The maximum absolute atomic E-state index is 4.72. The summed E-state index contributed by atoms with van der Waals surface area (Å²) in [6, 6.07) is 0.463. The molecule has 23 heavy (non-hydrogen) atoms. The Morgan fingerprint density at radius 3 is 2.43 bits per heavy atom. The summed E-state index contributed by atoms with van der Waals surface area (Å²) in [5, 5.41) is 7.93. The first-order chi connectivity index (χ1) is 11.0. The quantitative estimate of drug-likeness (QED) is 0.536. The second kappa shape index (κ2) is 10.6. The van der Waals surface area contributed by atoms with Crippen LogP contribution in [0.1, 0.15) is 43.3 Å². The van der Waals surface area contributed by atoms with Gasteiger partial charge in [-0.15, -0.1) is 11.3 Å². The SMILES string of the molecule is CCNC(=NCC(C)N(CC)CC)NCCc1nc(C)c(C)s1. The van der Waals surface area contributed by atoms with E-state index in [0.717, 1.165) is 50.8 Å². The van der Waals surface area contributed by atoms with Gasteiger partial charge in [-0.3, -0.25) is 9.89 Å². The third-order valence-corrected chi connectivity index (χ3v) is 5.13. The van der Waals surface area contributed by atoms with Crippen molar-refractivity contribution < 1.29 is 0 Å². The van der Waals surface area contributed by atoms with E-state index in [2.05, 4.69) is 62.1 Å². The molecule has 0 aromatic carbocycles. The van der Waals surface area contributed by atoms with Crippen LogP contribution in [0.5, 0.6) is 0 Å². The second-order valence-electron chi connectivity index (χ2n) is 5.72. The first-order valence-electron chi connectivity index (χ1n) is 8.70. The Morgan fingerprint density at radius 1 is 1.22 bits per heavy atom. The molecule has 1 atom stereocenters. The van der Waals surface area contributed by atoms with Crippen molar-refractivity contribution >= 4 is 17.3 Å². The summed E-state index contributed by atoms with van der Waals surface area (Å²) in [6.07, 6.45) is 0.940. The maximum atomic E-state index is 4.72. The van der Waals surface area contributed by atoms with E-state index < -0.39 is 0 Å². The van der Waals surface area contributed by atoms with Crippen molar-refractivity contribution in [3.05, 3.63) is 15.6 Å². The predicted octanol–water partition coefficient (Wildman–Crippen LogP) is 2.59. The third kappa shape index (κ3) is 6.87. The van der Waals surface area contributed by atoms with Gasteiger partial charge in [-0.1, -0.05) is 13.8 Å². The molecule has 1 rings (SSSR count). The number of aromatic nitrogens is 1. The fourth-order valence-electron chi connectivity index (χ4n) is 2.46. The average molecular weight is 340 g/mol. The Kier molecular flexibility index (Phi) is 9.17. The molecule has 1 heterocycles. The van der Waals surface area contributed by atoms with Gasteiger partial charge in [0.25, 0.3) is 0 Å². The van der Waals surface area contributed by atoms with E-state index in [1.54, 1.807) is 11.3 Å². The highest BCUT2D eigenvalue weighted by molar-refractivity contribution is 7.11. The molecule has 132 valence electrons. The molecule has 0 spiro atoms. The van der Waals surface area contributed by atoms with Gasteiger partial charge in [-0.2, -0.15) is 0 Å². The highest BCUT2D eigenvalue weighted by atomic mass is 32.1. The normalized spacial score (nSPS) is 13.4. The molecule has 0 radical (unpaired) electrons. The molecular formula is C17H33N5S. The Hall–Kier alpha value is -1.14. The van der Waals surface area contributed by atoms with Gasteiger partial charge >= 0.3 is 0 Å². The molecule has 5 nitrogen and oxygen atoms in total. The topological polar surface area (TPSA) is 52.6 Å². The summed E-state index contributed by atoms with van der Waals surface area (Å²) < 4.78 is 0. The molecule has 0 saturated carbocycles. The van der Waals surface area contributed by atoms with Gasteiger partial charge in [0.1, 0.15) is 0 Å². The molecule has 0 aliphatic heterocycles. The third-order valence-electron chi connectivity index (χ3n) is 4.00. The number of nitrogens with zero attached hydrogens (tertiary/aromatic N) is 3. The Labute approximate surface area is 145 Å². The standard InChI is InChI=1S/C17H33N5S/c1-7-18-17(20-12-13(4)22(8-2)9-3)19-11-10-16-21-14(5)15(6)23-16/h13H,7-12H2,1-6H3,(H2,18,19,20). The van der Waals surface area contributed by atoms with Crippen LogP contribution in [0.4, 0.5) is 0 Å². The molecule has 0 amide bonds. The van der Waals surface area contributed by atoms with Crippen LogP contribution in [-0.2, 0) is 6.42 Å². The Morgan fingerprint density at radius 2 is 1.91 bits per heavy atom. The fourth-order valence-corrected chi connectivity index (χ4v) is 3.39. The van der Waals surface area contributed by atoms with Crippen molar-refractivity contribution in [3.63, 3.8) is 0 Å². The van der Waals surface area contributed by atoms with E-state index in [1.165, 1.54) is 9.88 Å². The number of guanidine groups is 1. The lowest BCUT2D eigenvalue weighted by Crippen LogP contribution is -2.40. The number of aryl methyl sites for hydroxylation is 2. The highest BCUT2D eigenvalue weighted by Crippen LogP contribution is 2.16. The minimum atomic E-state index is 0.463. The van der Waals surface area contributed by atoms with Crippen LogP contribution in [0.15, 0.2) is 4.99 Å². The molecule has 1 unspecified atom stereocenters. The van der Waals surface area contributed by atoms with Gasteiger partial charge in [0.05, 0.1) is 17.2 Å². The fraction of sp³-hybridized carbons (Fsp3) is 0.765. The largest absolute Gasteiger partial charge is 0.357 e. The monoisotopic (exact) mass is 339 g/mol. The van der Waals surface area contributed by atoms with E-state index in [4.69, 9.17) is 4.99 Å². The molecule has 6 heteroatoms. The molecule has 0 aliphatic rings. The molecule has 0 aliphatic carbocycles. The smallest absolute Gasteiger partial charge is 0.191 e. The Balaban J connectivity index is 2.48. The van der Waals surface area contributed by atoms with Gasteiger partial charge in [-0.25, -0.2) is 4.98 Å². The number of aliphatic imine (C=N–C) groups is 1. The van der Waals surface area contributed by atoms with Crippen LogP contribution < -0.4 is 10.6 Å². The van der Waals surface area contributed by atoms with Crippen molar-refractivity contribution in [2.45, 2.75) is 54.0 Å². The number of nitrogens with one attached hydrogen (secondary N) is 2. The lowest BCUT2D eigenvalue weighted by atomic mass is 10.3. The summed E-state index contributed by atoms with van der Waals surface area (Å²) >= 11 is 1.79. The van der Waals surface area contributed by atoms with Crippen LogP contribution in [0.25, 0.3) is 0 Å². The van der Waals surface area contributed by atoms with E-state index in [9.17, 15) is 0 Å². The van der Waals surface area contributed by atoms with Crippen LogP contribution >= 0.6 is 11.3 Å². The molecule has 0 fully saturated rings. The van der Waals surface area contributed by atoms with Crippen molar-refractivity contribution in [1.29, 1.82) is 0 Å².